The van der Waals surface area contributed by atoms with E-state index >= 15 is 0 Å². The molecule has 1 fully saturated rings. The van der Waals surface area contributed by atoms with E-state index in [0.29, 0.717) is 5.92 Å². The number of hydrogen-bond donors (Lipinski definition) is 0. The van der Waals surface area contributed by atoms with Gasteiger partial charge in [-0.15, -0.1) is 0 Å². The van der Waals surface area contributed by atoms with Crippen LogP contribution in [0.3, 0.4) is 0 Å². The SMILES string of the molecule is CCCc1ccc(C2=CC=C(Cc3ccc(C4CCC(C(C)C)CC4)cc3)C3=CC=CC32)cc1. The summed E-state index contributed by atoms with van der Waals surface area (Å²) in [7, 11) is 0. The molecule has 0 radical (unpaired) electrons. The molecule has 3 aliphatic rings. The Morgan fingerprint density at radius 1 is 0.765 bits per heavy atom. The summed E-state index contributed by atoms with van der Waals surface area (Å²) in [5.41, 5.74) is 10.1. The van der Waals surface area contributed by atoms with Crippen LogP contribution in [0.4, 0.5) is 0 Å². The fraction of sp³-hybridized carbons (Fsp3) is 0.412. The van der Waals surface area contributed by atoms with Crippen LogP contribution >= 0.6 is 0 Å². The first-order valence-electron chi connectivity index (χ1n) is 13.6. The fourth-order valence-electron chi connectivity index (χ4n) is 6.28. The zero-order valence-electron chi connectivity index (χ0n) is 21.3. The van der Waals surface area contributed by atoms with Gasteiger partial charge in [0.1, 0.15) is 0 Å². The first kappa shape index (κ1) is 23.2. The summed E-state index contributed by atoms with van der Waals surface area (Å²) in [6, 6.07) is 18.8. The van der Waals surface area contributed by atoms with Crippen LogP contribution in [-0.2, 0) is 12.8 Å². The van der Waals surface area contributed by atoms with Crippen molar-refractivity contribution in [3.8, 4) is 0 Å². The van der Waals surface area contributed by atoms with E-state index in [1.807, 2.05) is 0 Å². The molecular formula is C34H40. The molecule has 0 heteroatoms. The smallest absolute Gasteiger partial charge is 0.0281 e. The van der Waals surface area contributed by atoms with E-state index in [1.54, 1.807) is 5.56 Å². The van der Waals surface area contributed by atoms with Crippen LogP contribution in [0.25, 0.3) is 5.57 Å². The van der Waals surface area contributed by atoms with Crippen LogP contribution in [0.1, 0.15) is 81.0 Å². The average molecular weight is 449 g/mol. The molecule has 176 valence electrons. The first-order chi connectivity index (χ1) is 16.6. The van der Waals surface area contributed by atoms with Crippen LogP contribution < -0.4 is 0 Å². The molecule has 1 unspecified atom stereocenters. The van der Waals surface area contributed by atoms with Gasteiger partial charge in [0.25, 0.3) is 0 Å². The molecule has 0 nitrogen and oxygen atoms in total. The molecule has 1 saturated carbocycles. The zero-order chi connectivity index (χ0) is 23.5. The Kier molecular flexibility index (Phi) is 7.05. The number of rotatable bonds is 7. The van der Waals surface area contributed by atoms with Crippen molar-refractivity contribution in [2.45, 2.75) is 71.6 Å². The van der Waals surface area contributed by atoms with E-state index in [0.717, 1.165) is 30.6 Å². The minimum absolute atomic E-state index is 0.396. The first-order valence-corrected chi connectivity index (χ1v) is 13.6. The Balaban J connectivity index is 1.28. The summed E-state index contributed by atoms with van der Waals surface area (Å²) in [5, 5.41) is 0. The molecule has 0 amide bonds. The van der Waals surface area contributed by atoms with E-state index in [1.165, 1.54) is 65.5 Å². The summed E-state index contributed by atoms with van der Waals surface area (Å²) in [6.45, 7) is 7.03. The van der Waals surface area contributed by atoms with Crippen molar-refractivity contribution in [2.75, 3.05) is 0 Å². The third-order valence-corrected chi connectivity index (χ3v) is 8.47. The highest BCUT2D eigenvalue weighted by Crippen LogP contribution is 2.42. The molecule has 5 rings (SSSR count). The predicted molar refractivity (Wildman–Crippen MR) is 147 cm³/mol. The van der Waals surface area contributed by atoms with Crippen LogP contribution in [0.5, 0.6) is 0 Å². The third kappa shape index (κ3) is 4.92. The second-order valence-corrected chi connectivity index (χ2v) is 11.0. The van der Waals surface area contributed by atoms with Gasteiger partial charge in [0.2, 0.25) is 0 Å². The number of hydrogen-bond acceptors (Lipinski definition) is 0. The maximum absolute atomic E-state index is 2.41. The van der Waals surface area contributed by atoms with E-state index in [2.05, 4.69) is 99.7 Å². The molecule has 1 atom stereocenters. The van der Waals surface area contributed by atoms with Gasteiger partial charge in [0.15, 0.2) is 0 Å². The normalized spacial score (nSPS) is 24.0. The lowest BCUT2D eigenvalue weighted by Crippen LogP contribution is -2.17. The molecular weight excluding hydrogens is 408 g/mol. The van der Waals surface area contributed by atoms with Gasteiger partial charge in [-0.1, -0.05) is 106 Å². The van der Waals surface area contributed by atoms with Crippen molar-refractivity contribution in [1.29, 1.82) is 0 Å². The molecule has 0 spiro atoms. The van der Waals surface area contributed by atoms with Crippen molar-refractivity contribution in [3.63, 3.8) is 0 Å². The monoisotopic (exact) mass is 448 g/mol. The third-order valence-electron chi connectivity index (χ3n) is 8.47. The van der Waals surface area contributed by atoms with Crippen molar-refractivity contribution in [3.05, 3.63) is 112 Å². The Morgan fingerprint density at radius 2 is 1.47 bits per heavy atom. The fourth-order valence-corrected chi connectivity index (χ4v) is 6.28. The topological polar surface area (TPSA) is 0 Å². The molecule has 2 aromatic carbocycles. The lowest BCUT2D eigenvalue weighted by molar-refractivity contribution is 0.259. The van der Waals surface area contributed by atoms with E-state index < -0.39 is 0 Å². The van der Waals surface area contributed by atoms with Gasteiger partial charge in [-0.2, -0.15) is 0 Å². The lowest BCUT2D eigenvalue weighted by Gasteiger charge is -2.31. The molecule has 0 N–H and O–H groups in total. The lowest BCUT2D eigenvalue weighted by atomic mass is 9.74. The summed E-state index contributed by atoms with van der Waals surface area (Å²) in [6.07, 6.45) is 20.6. The van der Waals surface area contributed by atoms with Crippen molar-refractivity contribution in [1.82, 2.24) is 0 Å². The average Bonchev–Trinajstić information content (AvgIpc) is 3.36. The molecule has 0 heterocycles. The predicted octanol–water partition coefficient (Wildman–Crippen LogP) is 9.25. The number of allylic oxidation sites excluding steroid dienone is 8. The van der Waals surface area contributed by atoms with Gasteiger partial charge < -0.3 is 0 Å². The molecule has 2 aromatic rings. The van der Waals surface area contributed by atoms with Crippen molar-refractivity contribution < 1.29 is 0 Å². The number of aryl methyl sites for hydroxylation is 1. The summed E-state index contributed by atoms with van der Waals surface area (Å²) >= 11 is 0. The van der Waals surface area contributed by atoms with Gasteiger partial charge in [-0.25, -0.2) is 0 Å². The van der Waals surface area contributed by atoms with E-state index in [4.69, 9.17) is 0 Å². The van der Waals surface area contributed by atoms with Gasteiger partial charge in [0, 0.05) is 5.92 Å². The summed E-state index contributed by atoms with van der Waals surface area (Å²) in [4.78, 5) is 0. The minimum Gasteiger partial charge on any atom is -0.0726 e. The van der Waals surface area contributed by atoms with E-state index in [9.17, 15) is 0 Å². The highest BCUT2D eigenvalue weighted by Gasteiger charge is 2.26. The van der Waals surface area contributed by atoms with Crippen LogP contribution in [0.15, 0.2) is 90.1 Å². The molecule has 0 aromatic heterocycles. The Bertz CT molecular complexity index is 1090. The second-order valence-electron chi connectivity index (χ2n) is 11.0. The molecule has 0 aliphatic heterocycles. The number of fused-ring (bicyclic) bond motifs is 1. The zero-order valence-corrected chi connectivity index (χ0v) is 21.3. The quantitative estimate of drug-likeness (QED) is 0.396. The van der Waals surface area contributed by atoms with Gasteiger partial charge >= 0.3 is 0 Å². The number of benzene rings is 2. The van der Waals surface area contributed by atoms with Crippen LogP contribution in [0, 0.1) is 17.8 Å². The van der Waals surface area contributed by atoms with Gasteiger partial charge in [0.05, 0.1) is 0 Å². The highest BCUT2D eigenvalue weighted by atomic mass is 14.3. The molecule has 3 aliphatic carbocycles. The maximum Gasteiger partial charge on any atom is 0.0281 e. The van der Waals surface area contributed by atoms with Crippen LogP contribution in [0.2, 0.25) is 0 Å². The second kappa shape index (κ2) is 10.3. The molecule has 0 saturated heterocycles. The van der Waals surface area contributed by atoms with Gasteiger partial charge in [-0.3, -0.25) is 0 Å². The molecule has 34 heavy (non-hydrogen) atoms. The minimum atomic E-state index is 0.396. The van der Waals surface area contributed by atoms with Gasteiger partial charge in [-0.05, 0) is 95.3 Å². The van der Waals surface area contributed by atoms with Crippen molar-refractivity contribution in [2.24, 2.45) is 17.8 Å². The summed E-state index contributed by atoms with van der Waals surface area (Å²) in [5.74, 6) is 2.93. The standard InChI is InChI=1S/C34H40/c1-4-6-25-9-15-30(16-10-25)33-22-21-31(32-7-5-8-34(32)33)23-26-11-13-28(14-12-26)29-19-17-27(18-20-29)24(2)3/h5,7-16,21-22,24,27,29,34H,4,6,17-20,23H2,1-3H3. The van der Waals surface area contributed by atoms with E-state index in [-0.39, 0.29) is 0 Å². The Labute approximate surface area is 207 Å². The van der Waals surface area contributed by atoms with Crippen LogP contribution in [-0.4, -0.2) is 0 Å². The van der Waals surface area contributed by atoms with Crippen molar-refractivity contribution >= 4 is 5.57 Å². The molecule has 0 bridgehead atoms. The Hall–Kier alpha value is -2.60. The highest BCUT2D eigenvalue weighted by molar-refractivity contribution is 5.78. The largest absolute Gasteiger partial charge is 0.0726 e. The maximum atomic E-state index is 2.41. The summed E-state index contributed by atoms with van der Waals surface area (Å²) < 4.78 is 0. The Morgan fingerprint density at radius 3 is 2.15 bits per heavy atom.